The molecule has 1 aliphatic carbocycles. The van der Waals surface area contributed by atoms with Crippen molar-refractivity contribution >= 4 is 17.3 Å². The minimum absolute atomic E-state index is 0.00123. The predicted octanol–water partition coefficient (Wildman–Crippen LogP) is 5.00. The molecular formula is C21H9F5N2O2. The van der Waals surface area contributed by atoms with Crippen molar-refractivity contribution in [1.82, 2.24) is 0 Å². The zero-order valence-electron chi connectivity index (χ0n) is 14.8. The van der Waals surface area contributed by atoms with Crippen LogP contribution in [-0.2, 0) is 4.84 Å². The van der Waals surface area contributed by atoms with Gasteiger partial charge in [-0.1, -0.05) is 47.6 Å². The maximum atomic E-state index is 13.6. The van der Waals surface area contributed by atoms with Gasteiger partial charge in [-0.3, -0.25) is 0 Å². The second kappa shape index (κ2) is 8.53. The smallest absolute Gasteiger partial charge is 0.312 e. The molecule has 0 unspecified atom stereocenters. The van der Waals surface area contributed by atoms with Crippen molar-refractivity contribution in [2.75, 3.05) is 0 Å². The highest BCUT2D eigenvalue weighted by Gasteiger charge is 2.31. The first-order valence-corrected chi connectivity index (χ1v) is 8.21. The van der Waals surface area contributed by atoms with E-state index in [2.05, 4.69) is 16.1 Å². The Morgan fingerprint density at radius 2 is 1.37 bits per heavy atom. The van der Waals surface area contributed by atoms with E-state index in [4.69, 9.17) is 0 Å². The Hall–Kier alpha value is -4.06. The topological polar surface area (TPSA) is 62.4 Å². The van der Waals surface area contributed by atoms with E-state index >= 15 is 0 Å². The molecule has 1 aliphatic rings. The molecule has 0 heterocycles. The zero-order valence-corrected chi connectivity index (χ0v) is 14.8. The maximum absolute atomic E-state index is 13.6. The zero-order chi connectivity index (χ0) is 21.8. The van der Waals surface area contributed by atoms with Crippen LogP contribution in [0.3, 0.4) is 0 Å². The number of nitriles is 1. The van der Waals surface area contributed by atoms with Crippen LogP contribution in [0.2, 0.25) is 0 Å². The van der Waals surface area contributed by atoms with E-state index in [1.165, 1.54) is 24.3 Å². The van der Waals surface area contributed by atoms with Gasteiger partial charge in [0.15, 0.2) is 23.3 Å². The van der Waals surface area contributed by atoms with Crippen molar-refractivity contribution in [2.45, 2.75) is 0 Å². The molecule has 2 aromatic rings. The van der Waals surface area contributed by atoms with E-state index in [0.717, 1.165) is 0 Å². The summed E-state index contributed by atoms with van der Waals surface area (Å²) in [7, 11) is 0. The number of hydrogen-bond acceptors (Lipinski definition) is 4. The van der Waals surface area contributed by atoms with Gasteiger partial charge in [-0.2, -0.15) is 5.26 Å². The molecular weight excluding hydrogens is 407 g/mol. The van der Waals surface area contributed by atoms with Crippen LogP contribution in [0, 0.1) is 40.4 Å². The summed E-state index contributed by atoms with van der Waals surface area (Å²) in [6.07, 6.45) is 5.64. The van der Waals surface area contributed by atoms with E-state index < -0.39 is 40.6 Å². The largest absolute Gasteiger partial charge is 0.371 e. The Balaban J connectivity index is 1.83. The first-order chi connectivity index (χ1) is 14.3. The first-order valence-electron chi connectivity index (χ1n) is 8.21. The van der Waals surface area contributed by atoms with Crippen molar-refractivity contribution in [1.29, 1.82) is 5.26 Å². The molecule has 0 fully saturated rings. The molecule has 0 amide bonds. The lowest BCUT2D eigenvalue weighted by atomic mass is 9.97. The van der Waals surface area contributed by atoms with Gasteiger partial charge in [0, 0.05) is 0 Å². The fourth-order valence-electron chi connectivity index (χ4n) is 2.51. The van der Waals surface area contributed by atoms with Crippen LogP contribution < -0.4 is 0 Å². The number of oxime groups is 1. The van der Waals surface area contributed by atoms with Gasteiger partial charge in [0.05, 0.1) is 5.57 Å². The number of carbonyl (C=O) groups is 1. The van der Waals surface area contributed by atoms with Crippen molar-refractivity contribution < 1.29 is 31.6 Å². The molecule has 30 heavy (non-hydrogen) atoms. The molecule has 0 aliphatic heterocycles. The molecule has 0 saturated carbocycles. The molecule has 0 atom stereocenters. The number of rotatable bonds is 3. The van der Waals surface area contributed by atoms with Gasteiger partial charge >= 0.3 is 5.97 Å². The Labute approximate surface area is 166 Å². The highest BCUT2D eigenvalue weighted by Crippen LogP contribution is 2.24. The molecule has 0 aromatic heterocycles. The summed E-state index contributed by atoms with van der Waals surface area (Å²) in [5.74, 6) is -13.4. The molecule has 150 valence electrons. The molecule has 0 bridgehead atoms. The molecule has 0 saturated heterocycles. The van der Waals surface area contributed by atoms with E-state index in [0.29, 0.717) is 16.7 Å². The van der Waals surface area contributed by atoms with Gasteiger partial charge in [0.25, 0.3) is 0 Å². The minimum atomic E-state index is -2.39. The van der Waals surface area contributed by atoms with Crippen molar-refractivity contribution in [3.8, 4) is 6.07 Å². The summed E-state index contributed by atoms with van der Waals surface area (Å²) in [4.78, 5) is 16.1. The molecule has 3 rings (SSSR count). The summed E-state index contributed by atoms with van der Waals surface area (Å²) >= 11 is 0. The van der Waals surface area contributed by atoms with Gasteiger partial charge < -0.3 is 4.84 Å². The van der Waals surface area contributed by atoms with Gasteiger partial charge in [0.1, 0.15) is 17.3 Å². The average Bonchev–Trinajstić information content (AvgIpc) is 2.77. The molecule has 0 spiro atoms. The monoisotopic (exact) mass is 416 g/mol. The van der Waals surface area contributed by atoms with Crippen LogP contribution in [0.15, 0.2) is 65.4 Å². The minimum Gasteiger partial charge on any atom is -0.312 e. The lowest BCUT2D eigenvalue weighted by molar-refractivity contribution is 0.0502. The van der Waals surface area contributed by atoms with Crippen LogP contribution in [0.1, 0.15) is 15.9 Å². The Bertz CT molecular complexity index is 1150. The predicted molar refractivity (Wildman–Crippen MR) is 96.3 cm³/mol. The second-order valence-electron chi connectivity index (χ2n) is 5.81. The summed E-state index contributed by atoms with van der Waals surface area (Å²) in [6, 6.07) is 10.9. The second-order valence-corrected chi connectivity index (χ2v) is 5.81. The van der Waals surface area contributed by atoms with Crippen LogP contribution >= 0.6 is 0 Å². The van der Waals surface area contributed by atoms with E-state index in [1.54, 1.807) is 30.3 Å². The first kappa shape index (κ1) is 20.7. The molecule has 0 N–H and O–H groups in total. The Kier molecular flexibility index (Phi) is 5.88. The van der Waals surface area contributed by atoms with Gasteiger partial charge in [-0.05, 0) is 23.3 Å². The highest BCUT2D eigenvalue weighted by atomic mass is 19.2. The molecule has 0 radical (unpaired) electrons. The fraction of sp³-hybridized carbons (Fsp3) is 0. The SMILES string of the molecule is N#CC(=C1C=CC(=NOC(=O)c2c(F)c(F)c(F)c(F)c2F)C=C1)c1ccccc1. The van der Waals surface area contributed by atoms with E-state index in [9.17, 15) is 32.0 Å². The molecule has 4 nitrogen and oxygen atoms in total. The lowest BCUT2D eigenvalue weighted by Gasteiger charge is -2.07. The quantitative estimate of drug-likeness (QED) is 0.177. The van der Waals surface area contributed by atoms with Crippen LogP contribution in [0.25, 0.3) is 5.57 Å². The lowest BCUT2D eigenvalue weighted by Crippen LogP contribution is -2.14. The number of hydrogen-bond donors (Lipinski definition) is 0. The van der Waals surface area contributed by atoms with Crippen LogP contribution in [0.5, 0.6) is 0 Å². The third kappa shape index (κ3) is 3.89. The standard InChI is InChI=1S/C21H9F5N2O2/c22-16-15(17(23)19(25)20(26)18(16)24)21(29)30-28-13-8-6-12(7-9-13)14(10-27)11-4-2-1-3-5-11/h1-9H. The number of halogens is 5. The number of allylic oxidation sites excluding steroid dienone is 6. The van der Waals surface area contributed by atoms with Crippen molar-refractivity contribution in [3.05, 3.63) is 100 Å². The number of carbonyl (C=O) groups excluding carboxylic acids is 1. The summed E-state index contributed by atoms with van der Waals surface area (Å²) in [5.41, 5.74) is -0.200. The Morgan fingerprint density at radius 3 is 1.90 bits per heavy atom. The summed E-state index contributed by atoms with van der Waals surface area (Å²) in [5, 5.41) is 12.7. The maximum Gasteiger partial charge on any atom is 0.371 e. The number of nitrogens with zero attached hydrogens (tertiary/aromatic N) is 2. The van der Waals surface area contributed by atoms with Gasteiger partial charge in [-0.15, -0.1) is 0 Å². The van der Waals surface area contributed by atoms with Crippen molar-refractivity contribution in [2.24, 2.45) is 5.16 Å². The van der Waals surface area contributed by atoms with Crippen LogP contribution in [-0.4, -0.2) is 11.7 Å². The molecule has 9 heteroatoms. The van der Waals surface area contributed by atoms with E-state index in [-0.39, 0.29) is 5.71 Å². The van der Waals surface area contributed by atoms with Crippen molar-refractivity contribution in [3.63, 3.8) is 0 Å². The normalized spacial score (nSPS) is 12.5. The highest BCUT2D eigenvalue weighted by molar-refractivity contribution is 6.07. The number of benzene rings is 2. The van der Waals surface area contributed by atoms with Gasteiger partial charge in [-0.25, -0.2) is 26.7 Å². The molecule has 2 aromatic carbocycles. The van der Waals surface area contributed by atoms with E-state index in [1.807, 2.05) is 0 Å². The summed E-state index contributed by atoms with van der Waals surface area (Å²) in [6.45, 7) is 0. The Morgan fingerprint density at radius 1 is 0.833 bits per heavy atom. The average molecular weight is 416 g/mol. The van der Waals surface area contributed by atoms with Gasteiger partial charge in [0.2, 0.25) is 5.82 Å². The van der Waals surface area contributed by atoms with Crippen LogP contribution in [0.4, 0.5) is 22.0 Å². The summed E-state index contributed by atoms with van der Waals surface area (Å²) < 4.78 is 66.7. The third-order valence-corrected chi connectivity index (χ3v) is 3.98. The fourth-order valence-corrected chi connectivity index (χ4v) is 2.51. The third-order valence-electron chi connectivity index (χ3n) is 3.98.